The Morgan fingerprint density at radius 3 is 2.61 bits per heavy atom. The Hall–Kier alpha value is -1.71. The molecular weight excluding hydrogens is 228 g/mol. The van der Waals surface area contributed by atoms with E-state index in [1.807, 2.05) is 18.3 Å². The molecular formula is C14H18N2O2. The van der Waals surface area contributed by atoms with Crippen LogP contribution in [0.4, 0.5) is 0 Å². The molecule has 96 valence electrons. The molecule has 1 saturated carbocycles. The van der Waals surface area contributed by atoms with Gasteiger partial charge in [0.05, 0.1) is 19.0 Å². The molecule has 1 fully saturated rings. The third-order valence-corrected chi connectivity index (χ3v) is 3.56. The van der Waals surface area contributed by atoms with Crippen LogP contribution in [0.1, 0.15) is 31.4 Å². The zero-order valence-corrected chi connectivity index (χ0v) is 10.8. The number of aliphatic imine (C=N–C) groups is 1. The minimum Gasteiger partial charge on any atom is -0.495 e. The Balaban J connectivity index is 2.31. The number of carbonyl (C=O) groups is 1. The van der Waals surface area contributed by atoms with Crippen molar-refractivity contribution in [3.8, 4) is 5.75 Å². The lowest BCUT2D eigenvalue weighted by Crippen LogP contribution is -2.34. The van der Waals surface area contributed by atoms with Crippen molar-refractivity contribution >= 4 is 12.0 Å². The molecule has 0 bridgehead atoms. The maximum Gasteiger partial charge on any atom is 0.137 e. The van der Waals surface area contributed by atoms with Gasteiger partial charge in [-0.05, 0) is 25.0 Å². The molecule has 0 N–H and O–H groups in total. The van der Waals surface area contributed by atoms with E-state index in [4.69, 9.17) is 4.74 Å². The summed E-state index contributed by atoms with van der Waals surface area (Å²) in [6.45, 7) is 0. The molecule has 0 amide bonds. The Labute approximate surface area is 107 Å². The molecule has 4 nitrogen and oxygen atoms in total. The second kappa shape index (κ2) is 5.29. The lowest BCUT2D eigenvalue weighted by Gasteiger charge is -2.32. The molecule has 0 aromatic carbocycles. The summed E-state index contributed by atoms with van der Waals surface area (Å²) in [6.07, 6.45) is 6.47. The highest BCUT2D eigenvalue weighted by atomic mass is 16.5. The van der Waals surface area contributed by atoms with Crippen LogP contribution in [0.25, 0.3) is 0 Å². The summed E-state index contributed by atoms with van der Waals surface area (Å²) in [7, 11) is 3.39. The molecule has 0 saturated heterocycles. The van der Waals surface area contributed by atoms with Gasteiger partial charge in [0.15, 0.2) is 0 Å². The zero-order valence-electron chi connectivity index (χ0n) is 10.8. The van der Waals surface area contributed by atoms with Crippen molar-refractivity contribution in [2.45, 2.75) is 31.1 Å². The fourth-order valence-corrected chi connectivity index (χ4v) is 2.47. The van der Waals surface area contributed by atoms with Gasteiger partial charge in [-0.1, -0.05) is 0 Å². The number of hydrogen-bond donors (Lipinski definition) is 0. The molecule has 1 aliphatic carbocycles. The van der Waals surface area contributed by atoms with Gasteiger partial charge in [-0.25, -0.2) is 0 Å². The molecule has 0 aliphatic heterocycles. The summed E-state index contributed by atoms with van der Waals surface area (Å²) in [5.74, 6) is 1.08. The molecule has 1 aliphatic rings. The molecule has 18 heavy (non-hydrogen) atoms. The average molecular weight is 246 g/mol. The normalized spacial score (nSPS) is 19.1. The summed E-state index contributed by atoms with van der Waals surface area (Å²) in [4.78, 5) is 20.0. The minimum absolute atomic E-state index is 0.186. The van der Waals surface area contributed by atoms with Crippen LogP contribution in [-0.4, -0.2) is 31.1 Å². The monoisotopic (exact) mass is 246 g/mol. The number of rotatable bonds is 3. The number of Topliss-reactive ketones (excluding diaryl/α,β-unsaturated/α-hetero) is 1. The number of methoxy groups -OCH3 is 1. The van der Waals surface area contributed by atoms with Crippen molar-refractivity contribution in [2.75, 3.05) is 14.2 Å². The van der Waals surface area contributed by atoms with Crippen molar-refractivity contribution in [3.05, 3.63) is 24.0 Å². The summed E-state index contributed by atoms with van der Waals surface area (Å²) < 4.78 is 5.12. The van der Waals surface area contributed by atoms with Crippen LogP contribution in [0.5, 0.6) is 5.75 Å². The highest BCUT2D eigenvalue weighted by Gasteiger charge is 2.36. The third kappa shape index (κ3) is 2.42. The first-order valence-corrected chi connectivity index (χ1v) is 6.16. The van der Waals surface area contributed by atoms with Gasteiger partial charge >= 0.3 is 0 Å². The van der Waals surface area contributed by atoms with Crippen LogP contribution in [0, 0.1) is 0 Å². The third-order valence-electron chi connectivity index (χ3n) is 3.56. The van der Waals surface area contributed by atoms with E-state index in [1.54, 1.807) is 20.4 Å². The number of hydrogen-bond acceptors (Lipinski definition) is 4. The molecule has 1 heterocycles. The van der Waals surface area contributed by atoms with Gasteiger partial charge in [0, 0.05) is 31.5 Å². The SMILES string of the molecule is C/N=C\C1(c2ccc(OC)cn2)CCC(=O)CC1. The fraction of sp³-hybridized carbons (Fsp3) is 0.500. The quantitative estimate of drug-likeness (QED) is 0.768. The van der Waals surface area contributed by atoms with Crippen molar-refractivity contribution in [3.63, 3.8) is 0 Å². The molecule has 0 unspecified atom stereocenters. The molecule has 1 aromatic rings. The van der Waals surface area contributed by atoms with Crippen LogP contribution < -0.4 is 4.74 Å². The van der Waals surface area contributed by atoms with Crippen molar-refractivity contribution < 1.29 is 9.53 Å². The van der Waals surface area contributed by atoms with E-state index in [0.29, 0.717) is 18.6 Å². The van der Waals surface area contributed by atoms with E-state index in [0.717, 1.165) is 24.3 Å². The van der Waals surface area contributed by atoms with Crippen molar-refractivity contribution in [1.29, 1.82) is 0 Å². The Kier molecular flexibility index (Phi) is 3.75. The molecule has 0 radical (unpaired) electrons. The van der Waals surface area contributed by atoms with Gasteiger partial charge in [-0.3, -0.25) is 14.8 Å². The van der Waals surface area contributed by atoms with Crippen LogP contribution >= 0.6 is 0 Å². The summed E-state index contributed by atoms with van der Waals surface area (Å²) >= 11 is 0. The van der Waals surface area contributed by atoms with E-state index in [9.17, 15) is 4.79 Å². The Morgan fingerprint density at radius 2 is 2.11 bits per heavy atom. The summed E-state index contributed by atoms with van der Waals surface area (Å²) in [5, 5.41) is 0. The highest BCUT2D eigenvalue weighted by Crippen LogP contribution is 2.36. The molecule has 0 atom stereocenters. The van der Waals surface area contributed by atoms with E-state index in [1.165, 1.54) is 0 Å². The maximum atomic E-state index is 11.4. The van der Waals surface area contributed by atoms with Crippen molar-refractivity contribution in [2.24, 2.45) is 4.99 Å². The van der Waals surface area contributed by atoms with Gasteiger partial charge < -0.3 is 4.74 Å². The van der Waals surface area contributed by atoms with Crippen molar-refractivity contribution in [1.82, 2.24) is 4.98 Å². The number of ketones is 1. The zero-order chi connectivity index (χ0) is 13.0. The molecule has 0 spiro atoms. The van der Waals surface area contributed by atoms with Crippen LogP contribution in [0.15, 0.2) is 23.3 Å². The largest absolute Gasteiger partial charge is 0.495 e. The van der Waals surface area contributed by atoms with Crippen LogP contribution in [0.2, 0.25) is 0 Å². The fourth-order valence-electron chi connectivity index (χ4n) is 2.47. The Bertz CT molecular complexity index is 441. The predicted octanol–water partition coefficient (Wildman–Crippen LogP) is 2.17. The minimum atomic E-state index is -0.186. The van der Waals surface area contributed by atoms with Gasteiger partial charge in [0.25, 0.3) is 0 Å². The van der Waals surface area contributed by atoms with Gasteiger partial charge in [0.1, 0.15) is 11.5 Å². The maximum absolute atomic E-state index is 11.4. The van der Waals surface area contributed by atoms with Crippen LogP contribution in [0.3, 0.4) is 0 Å². The highest BCUT2D eigenvalue weighted by molar-refractivity contribution is 5.83. The smallest absolute Gasteiger partial charge is 0.137 e. The lowest BCUT2D eigenvalue weighted by atomic mass is 9.72. The number of ether oxygens (including phenoxy) is 1. The summed E-state index contributed by atoms with van der Waals surface area (Å²) in [5.41, 5.74) is 0.788. The first-order chi connectivity index (χ1) is 8.70. The number of aromatic nitrogens is 1. The Morgan fingerprint density at radius 1 is 1.39 bits per heavy atom. The van der Waals surface area contributed by atoms with Gasteiger partial charge in [-0.15, -0.1) is 0 Å². The second-order valence-electron chi connectivity index (χ2n) is 4.67. The van der Waals surface area contributed by atoms with E-state index in [2.05, 4.69) is 9.98 Å². The average Bonchev–Trinajstić information content (AvgIpc) is 2.42. The second-order valence-corrected chi connectivity index (χ2v) is 4.67. The first kappa shape index (κ1) is 12.7. The molecule has 4 heteroatoms. The number of carbonyl (C=O) groups excluding carboxylic acids is 1. The molecule has 2 rings (SSSR count). The summed E-state index contributed by atoms with van der Waals surface area (Å²) in [6, 6.07) is 3.88. The number of pyridine rings is 1. The van der Waals surface area contributed by atoms with Gasteiger partial charge in [0.2, 0.25) is 0 Å². The van der Waals surface area contributed by atoms with E-state index < -0.39 is 0 Å². The van der Waals surface area contributed by atoms with Gasteiger partial charge in [-0.2, -0.15) is 0 Å². The first-order valence-electron chi connectivity index (χ1n) is 6.16. The van der Waals surface area contributed by atoms with Crippen LogP contribution in [-0.2, 0) is 10.2 Å². The standard InChI is InChI=1S/C14H18N2O2/c1-15-10-14(7-5-11(17)6-8-14)13-4-3-12(18-2)9-16-13/h3-4,9-10H,5-8H2,1-2H3/b15-10-. The lowest BCUT2D eigenvalue weighted by molar-refractivity contribution is -0.120. The topological polar surface area (TPSA) is 51.6 Å². The number of nitrogens with zero attached hydrogens (tertiary/aromatic N) is 2. The predicted molar refractivity (Wildman–Crippen MR) is 70.4 cm³/mol. The molecule has 1 aromatic heterocycles. The van der Waals surface area contributed by atoms with E-state index in [-0.39, 0.29) is 5.41 Å². The van der Waals surface area contributed by atoms with E-state index >= 15 is 0 Å².